The Morgan fingerprint density at radius 1 is 1.00 bits per heavy atom. The second kappa shape index (κ2) is 8.08. The average Bonchev–Trinajstić information content (AvgIpc) is 2.62. The first-order valence-corrected chi connectivity index (χ1v) is 8.26. The van der Waals surface area contributed by atoms with E-state index < -0.39 is 17.6 Å². The van der Waals surface area contributed by atoms with Gasteiger partial charge in [0, 0.05) is 6.54 Å². The first-order valence-electron chi connectivity index (χ1n) is 8.26. The minimum atomic E-state index is -1.76. The molecule has 24 heavy (non-hydrogen) atoms. The van der Waals surface area contributed by atoms with Crippen molar-refractivity contribution in [2.45, 2.75) is 32.0 Å². The van der Waals surface area contributed by atoms with Crippen molar-refractivity contribution in [2.24, 2.45) is 5.92 Å². The van der Waals surface area contributed by atoms with Crippen molar-refractivity contribution in [2.75, 3.05) is 6.54 Å². The van der Waals surface area contributed by atoms with E-state index in [-0.39, 0.29) is 5.92 Å². The van der Waals surface area contributed by atoms with E-state index in [1.807, 2.05) is 26.0 Å². The quantitative estimate of drug-likeness (QED) is 0.731. The van der Waals surface area contributed by atoms with Crippen LogP contribution in [-0.4, -0.2) is 28.8 Å². The molecule has 4 nitrogen and oxygen atoms in total. The second-order valence-corrected chi connectivity index (χ2v) is 6.30. The molecule has 1 amide bonds. The Labute approximate surface area is 143 Å². The Kier molecular flexibility index (Phi) is 6.12. The van der Waals surface area contributed by atoms with Gasteiger partial charge < -0.3 is 15.5 Å². The maximum Gasteiger partial charge on any atom is 0.261 e. The number of aliphatic hydroxyl groups excluding tert-OH is 1. The molecule has 1 unspecified atom stereocenters. The summed E-state index contributed by atoms with van der Waals surface area (Å²) >= 11 is 0. The lowest BCUT2D eigenvalue weighted by molar-refractivity contribution is -0.136. The summed E-state index contributed by atoms with van der Waals surface area (Å²) in [6, 6.07) is 17.8. The van der Waals surface area contributed by atoms with Crippen LogP contribution in [0, 0.1) is 5.92 Å². The molecule has 4 heteroatoms. The number of hydrogen-bond donors (Lipinski definition) is 3. The first-order chi connectivity index (χ1) is 11.5. The molecule has 3 N–H and O–H groups in total. The minimum Gasteiger partial charge on any atom is -0.393 e. The summed E-state index contributed by atoms with van der Waals surface area (Å²) in [6.45, 7) is 4.16. The van der Waals surface area contributed by atoms with Gasteiger partial charge in [-0.3, -0.25) is 4.79 Å². The Morgan fingerprint density at radius 3 is 1.88 bits per heavy atom. The summed E-state index contributed by atoms with van der Waals surface area (Å²) in [5, 5.41) is 23.8. The molecule has 0 saturated heterocycles. The van der Waals surface area contributed by atoms with Crippen LogP contribution in [-0.2, 0) is 10.4 Å². The number of hydrogen-bond acceptors (Lipinski definition) is 3. The summed E-state index contributed by atoms with van der Waals surface area (Å²) < 4.78 is 0. The number of carbonyl (C=O) groups is 1. The van der Waals surface area contributed by atoms with Crippen molar-refractivity contribution in [3.05, 3.63) is 71.8 Å². The summed E-state index contributed by atoms with van der Waals surface area (Å²) in [4.78, 5) is 12.8. The number of rotatable bonds is 7. The molecule has 0 radical (unpaired) electrons. The van der Waals surface area contributed by atoms with Gasteiger partial charge in [0.2, 0.25) is 0 Å². The first kappa shape index (κ1) is 18.2. The van der Waals surface area contributed by atoms with Crippen LogP contribution < -0.4 is 5.32 Å². The highest BCUT2D eigenvalue weighted by atomic mass is 16.3. The van der Waals surface area contributed by atoms with Crippen LogP contribution in [0.1, 0.15) is 31.4 Å². The summed E-state index contributed by atoms with van der Waals surface area (Å²) in [7, 11) is 0. The van der Waals surface area contributed by atoms with Crippen molar-refractivity contribution < 1.29 is 15.0 Å². The van der Waals surface area contributed by atoms with Crippen LogP contribution in [0.5, 0.6) is 0 Å². The third-order valence-corrected chi connectivity index (χ3v) is 4.21. The highest BCUT2D eigenvalue weighted by Crippen LogP contribution is 2.29. The van der Waals surface area contributed by atoms with Gasteiger partial charge in [0.1, 0.15) is 0 Å². The van der Waals surface area contributed by atoms with E-state index >= 15 is 0 Å². The summed E-state index contributed by atoms with van der Waals surface area (Å²) in [5.74, 6) is -0.361. The van der Waals surface area contributed by atoms with E-state index in [2.05, 4.69) is 5.32 Å². The van der Waals surface area contributed by atoms with Crippen molar-refractivity contribution in [3.63, 3.8) is 0 Å². The molecule has 0 heterocycles. The third kappa shape index (κ3) is 4.02. The van der Waals surface area contributed by atoms with Crippen LogP contribution in [0.4, 0.5) is 0 Å². The summed E-state index contributed by atoms with van der Waals surface area (Å²) in [6.07, 6.45) is -0.0323. The maximum absolute atomic E-state index is 12.8. The molecule has 0 aliphatic rings. The second-order valence-electron chi connectivity index (χ2n) is 6.30. The Hall–Kier alpha value is -2.17. The third-order valence-electron chi connectivity index (χ3n) is 4.21. The summed E-state index contributed by atoms with van der Waals surface area (Å²) in [5.41, 5.74) is -0.734. The van der Waals surface area contributed by atoms with Gasteiger partial charge in [0.25, 0.3) is 5.91 Å². The molecule has 0 aliphatic carbocycles. The van der Waals surface area contributed by atoms with E-state index in [1.165, 1.54) is 0 Å². The van der Waals surface area contributed by atoms with Crippen LogP contribution in [0.3, 0.4) is 0 Å². The number of benzene rings is 2. The van der Waals surface area contributed by atoms with Gasteiger partial charge in [-0.25, -0.2) is 0 Å². The number of carbonyl (C=O) groups excluding carboxylic acids is 1. The van der Waals surface area contributed by atoms with E-state index in [9.17, 15) is 15.0 Å². The predicted octanol–water partition coefficient (Wildman–Crippen LogP) is 2.45. The molecule has 2 aromatic carbocycles. The molecule has 0 aromatic heterocycles. The average molecular weight is 327 g/mol. The van der Waals surface area contributed by atoms with Gasteiger partial charge >= 0.3 is 0 Å². The molecular formula is C20H25NO3. The number of amides is 1. The molecule has 0 spiro atoms. The largest absolute Gasteiger partial charge is 0.393 e. The molecule has 0 saturated carbocycles. The van der Waals surface area contributed by atoms with Crippen LogP contribution >= 0.6 is 0 Å². The zero-order chi connectivity index (χ0) is 17.6. The lowest BCUT2D eigenvalue weighted by Gasteiger charge is -2.28. The highest BCUT2D eigenvalue weighted by molar-refractivity contribution is 5.90. The van der Waals surface area contributed by atoms with Gasteiger partial charge in [0.15, 0.2) is 5.60 Å². The molecule has 0 fully saturated rings. The molecule has 2 rings (SSSR count). The predicted molar refractivity (Wildman–Crippen MR) is 94.4 cm³/mol. The van der Waals surface area contributed by atoms with E-state index in [1.54, 1.807) is 48.5 Å². The standard InChI is InChI=1S/C20H25NO3/c1-15(2)18(22)13-14-21-19(23)20(24,16-9-5-3-6-10-16)17-11-7-4-8-12-17/h3-12,15,18,22,24H,13-14H2,1-2H3,(H,21,23). The van der Waals surface area contributed by atoms with Gasteiger partial charge in [-0.05, 0) is 23.5 Å². The van der Waals surface area contributed by atoms with Crippen molar-refractivity contribution in [3.8, 4) is 0 Å². The molecule has 0 bridgehead atoms. The maximum atomic E-state index is 12.8. The zero-order valence-corrected chi connectivity index (χ0v) is 14.1. The number of nitrogens with one attached hydrogen (secondary N) is 1. The van der Waals surface area contributed by atoms with Gasteiger partial charge in [-0.2, -0.15) is 0 Å². The smallest absolute Gasteiger partial charge is 0.261 e. The van der Waals surface area contributed by atoms with E-state index in [0.29, 0.717) is 24.1 Å². The Balaban J connectivity index is 2.22. The Morgan fingerprint density at radius 2 is 1.46 bits per heavy atom. The molecule has 0 aliphatic heterocycles. The topological polar surface area (TPSA) is 69.6 Å². The van der Waals surface area contributed by atoms with Crippen LogP contribution in [0.15, 0.2) is 60.7 Å². The molecular weight excluding hydrogens is 302 g/mol. The van der Waals surface area contributed by atoms with Crippen molar-refractivity contribution in [1.82, 2.24) is 5.32 Å². The normalized spacial score (nSPS) is 12.9. The zero-order valence-electron chi connectivity index (χ0n) is 14.1. The van der Waals surface area contributed by atoms with E-state index in [4.69, 9.17) is 0 Å². The van der Waals surface area contributed by atoms with Crippen molar-refractivity contribution in [1.29, 1.82) is 0 Å². The van der Waals surface area contributed by atoms with Gasteiger partial charge in [0.05, 0.1) is 6.10 Å². The number of aliphatic hydroxyl groups is 2. The van der Waals surface area contributed by atoms with E-state index in [0.717, 1.165) is 0 Å². The monoisotopic (exact) mass is 327 g/mol. The van der Waals surface area contributed by atoms with Crippen LogP contribution in [0.25, 0.3) is 0 Å². The van der Waals surface area contributed by atoms with Crippen molar-refractivity contribution >= 4 is 5.91 Å². The lowest BCUT2D eigenvalue weighted by Crippen LogP contribution is -2.46. The lowest BCUT2D eigenvalue weighted by atomic mass is 9.85. The molecule has 1 atom stereocenters. The van der Waals surface area contributed by atoms with Crippen LogP contribution in [0.2, 0.25) is 0 Å². The highest BCUT2D eigenvalue weighted by Gasteiger charge is 2.39. The Bertz CT molecular complexity index is 601. The molecule has 2 aromatic rings. The fourth-order valence-corrected chi connectivity index (χ4v) is 2.58. The fourth-order valence-electron chi connectivity index (χ4n) is 2.58. The van der Waals surface area contributed by atoms with Gasteiger partial charge in [-0.15, -0.1) is 0 Å². The molecule has 128 valence electrons. The SMILES string of the molecule is CC(C)C(O)CCNC(=O)C(O)(c1ccccc1)c1ccccc1. The van der Waals surface area contributed by atoms with Gasteiger partial charge in [-0.1, -0.05) is 74.5 Å². The minimum absolute atomic E-state index is 0.129. The fraction of sp³-hybridized carbons (Fsp3) is 0.350.